The molecule has 4 nitrogen and oxygen atoms in total. The van der Waals surface area contributed by atoms with Gasteiger partial charge in [0.25, 0.3) is 0 Å². The molecule has 2 aromatic carbocycles. The van der Waals surface area contributed by atoms with Crippen LogP contribution in [-0.4, -0.2) is 17.4 Å². The Hall–Kier alpha value is -2.21. The van der Waals surface area contributed by atoms with Crippen molar-refractivity contribution in [2.45, 2.75) is 33.2 Å². The molecule has 0 spiro atoms. The van der Waals surface area contributed by atoms with E-state index in [2.05, 4.69) is 36.2 Å². The maximum Gasteiger partial charge on any atom is 0.249 e. The van der Waals surface area contributed by atoms with Crippen LogP contribution in [0.5, 0.6) is 0 Å². The summed E-state index contributed by atoms with van der Waals surface area (Å²) in [5.41, 5.74) is 10.3. The van der Waals surface area contributed by atoms with E-state index < -0.39 is 6.04 Å². The van der Waals surface area contributed by atoms with Gasteiger partial charge < -0.3 is 10.6 Å². The van der Waals surface area contributed by atoms with Gasteiger partial charge >= 0.3 is 0 Å². The Kier molecular flexibility index (Phi) is 6.50. The molecule has 3 rings (SSSR count). The minimum atomic E-state index is -0.753. The standard InChI is InChI=1S/C22H24ClN3OS/c1-14-4-6-17(7-5-14)12-13-26(22-15(2)25-16(3)28-22)21(27)20(24)18-8-10-19(23)11-9-18/h4-11,20H,12-13,24H2,1-3H3/t20-/m1/s1. The maximum absolute atomic E-state index is 13.3. The second-order valence-corrected chi connectivity index (χ2v) is 8.50. The number of nitrogens with two attached hydrogens (primary N) is 1. The predicted molar refractivity (Wildman–Crippen MR) is 117 cm³/mol. The number of aromatic nitrogens is 1. The van der Waals surface area contributed by atoms with Crippen molar-refractivity contribution >= 4 is 33.8 Å². The first-order chi connectivity index (χ1) is 13.3. The largest absolute Gasteiger partial charge is 0.316 e. The van der Waals surface area contributed by atoms with E-state index in [1.807, 2.05) is 13.8 Å². The zero-order chi connectivity index (χ0) is 20.3. The van der Waals surface area contributed by atoms with Crippen molar-refractivity contribution in [1.29, 1.82) is 0 Å². The molecule has 28 heavy (non-hydrogen) atoms. The van der Waals surface area contributed by atoms with Crippen molar-refractivity contribution in [1.82, 2.24) is 4.98 Å². The molecule has 0 unspecified atom stereocenters. The Balaban J connectivity index is 1.86. The number of benzene rings is 2. The van der Waals surface area contributed by atoms with Gasteiger partial charge in [-0.25, -0.2) is 4.98 Å². The van der Waals surface area contributed by atoms with Gasteiger partial charge in [0.05, 0.1) is 10.7 Å². The van der Waals surface area contributed by atoms with Gasteiger partial charge in [0.15, 0.2) is 0 Å². The molecule has 1 heterocycles. The number of anilines is 1. The van der Waals surface area contributed by atoms with Crippen LogP contribution in [0.15, 0.2) is 48.5 Å². The summed E-state index contributed by atoms with van der Waals surface area (Å²) in [6.07, 6.45) is 0.746. The van der Waals surface area contributed by atoms with Crippen LogP contribution in [0, 0.1) is 20.8 Å². The molecule has 0 radical (unpaired) electrons. The highest BCUT2D eigenvalue weighted by molar-refractivity contribution is 7.16. The average Bonchev–Trinajstić information content (AvgIpc) is 3.01. The van der Waals surface area contributed by atoms with Gasteiger partial charge in [-0.2, -0.15) is 0 Å². The lowest BCUT2D eigenvalue weighted by Crippen LogP contribution is -2.40. The van der Waals surface area contributed by atoms with Crippen molar-refractivity contribution in [3.63, 3.8) is 0 Å². The van der Waals surface area contributed by atoms with Gasteiger partial charge in [-0.05, 0) is 50.5 Å². The first-order valence-electron chi connectivity index (χ1n) is 9.17. The fourth-order valence-corrected chi connectivity index (χ4v) is 4.13. The van der Waals surface area contributed by atoms with Crippen LogP contribution in [0.4, 0.5) is 5.00 Å². The zero-order valence-corrected chi connectivity index (χ0v) is 17.8. The molecule has 0 saturated heterocycles. The van der Waals surface area contributed by atoms with E-state index in [1.165, 1.54) is 22.5 Å². The monoisotopic (exact) mass is 413 g/mol. The fraction of sp³-hybridized carbons (Fsp3) is 0.273. The maximum atomic E-state index is 13.3. The molecular weight excluding hydrogens is 390 g/mol. The number of amides is 1. The highest BCUT2D eigenvalue weighted by Gasteiger charge is 2.26. The highest BCUT2D eigenvalue weighted by atomic mass is 35.5. The van der Waals surface area contributed by atoms with Gasteiger partial charge in [0.2, 0.25) is 5.91 Å². The molecule has 1 aromatic heterocycles. The van der Waals surface area contributed by atoms with Crippen molar-refractivity contribution in [2.24, 2.45) is 5.73 Å². The molecule has 0 bridgehead atoms. The van der Waals surface area contributed by atoms with Crippen LogP contribution in [0.3, 0.4) is 0 Å². The number of carbonyl (C=O) groups is 1. The van der Waals surface area contributed by atoms with Crippen molar-refractivity contribution < 1.29 is 4.79 Å². The van der Waals surface area contributed by atoms with E-state index >= 15 is 0 Å². The molecule has 0 saturated carbocycles. The summed E-state index contributed by atoms with van der Waals surface area (Å²) in [5, 5.41) is 2.41. The quantitative estimate of drug-likeness (QED) is 0.618. The highest BCUT2D eigenvalue weighted by Crippen LogP contribution is 2.30. The van der Waals surface area contributed by atoms with Gasteiger partial charge in [-0.3, -0.25) is 4.79 Å². The Morgan fingerprint density at radius 3 is 2.32 bits per heavy atom. The van der Waals surface area contributed by atoms with Crippen LogP contribution < -0.4 is 10.6 Å². The van der Waals surface area contributed by atoms with Crippen LogP contribution in [0.25, 0.3) is 0 Å². The minimum absolute atomic E-state index is 0.138. The van der Waals surface area contributed by atoms with Crippen LogP contribution >= 0.6 is 22.9 Å². The number of nitrogens with zero attached hydrogens (tertiary/aromatic N) is 2. The average molecular weight is 414 g/mol. The summed E-state index contributed by atoms with van der Waals surface area (Å²) >= 11 is 7.48. The Morgan fingerprint density at radius 2 is 1.75 bits per heavy atom. The minimum Gasteiger partial charge on any atom is -0.316 e. The molecule has 2 N–H and O–H groups in total. The molecule has 0 aliphatic carbocycles. The summed E-state index contributed by atoms with van der Waals surface area (Å²) in [5.74, 6) is -0.138. The van der Waals surface area contributed by atoms with Crippen molar-refractivity contribution in [2.75, 3.05) is 11.4 Å². The molecule has 0 aliphatic rings. The number of hydrogen-bond acceptors (Lipinski definition) is 4. The third-order valence-corrected chi connectivity index (χ3v) is 5.98. The number of halogens is 1. The lowest BCUT2D eigenvalue weighted by Gasteiger charge is -2.25. The number of thiazole rings is 1. The van der Waals surface area contributed by atoms with E-state index in [0.29, 0.717) is 11.6 Å². The van der Waals surface area contributed by atoms with Gasteiger partial charge in [-0.15, -0.1) is 11.3 Å². The third-order valence-electron chi connectivity index (χ3n) is 4.63. The van der Waals surface area contributed by atoms with Crippen LogP contribution in [0.2, 0.25) is 5.02 Å². The number of rotatable bonds is 6. The summed E-state index contributed by atoms with van der Waals surface area (Å²) < 4.78 is 0. The predicted octanol–water partition coefficient (Wildman–Crippen LogP) is 5.00. The van der Waals surface area contributed by atoms with Crippen molar-refractivity contribution in [3.05, 3.63) is 80.9 Å². The molecule has 6 heteroatoms. The first kappa shape index (κ1) is 20.5. The van der Waals surface area contributed by atoms with E-state index in [4.69, 9.17) is 17.3 Å². The third kappa shape index (κ3) is 4.79. The summed E-state index contributed by atoms with van der Waals surface area (Å²) in [7, 11) is 0. The normalized spacial score (nSPS) is 12.0. The second kappa shape index (κ2) is 8.86. The Labute approximate surface area is 175 Å². The Morgan fingerprint density at radius 1 is 1.11 bits per heavy atom. The van der Waals surface area contributed by atoms with E-state index in [0.717, 1.165) is 27.7 Å². The van der Waals surface area contributed by atoms with Crippen LogP contribution in [0.1, 0.15) is 33.4 Å². The van der Waals surface area contributed by atoms with Crippen LogP contribution in [-0.2, 0) is 11.2 Å². The Bertz CT molecular complexity index is 951. The fourth-order valence-electron chi connectivity index (χ4n) is 3.06. The molecule has 0 aliphatic heterocycles. The molecule has 0 fully saturated rings. The van der Waals surface area contributed by atoms with E-state index in [9.17, 15) is 4.79 Å². The van der Waals surface area contributed by atoms with Crippen molar-refractivity contribution in [3.8, 4) is 0 Å². The molecule has 3 aromatic rings. The van der Waals surface area contributed by atoms with Gasteiger partial charge in [-0.1, -0.05) is 53.6 Å². The summed E-state index contributed by atoms with van der Waals surface area (Å²) in [4.78, 5) is 19.6. The molecule has 1 amide bonds. The number of hydrogen-bond donors (Lipinski definition) is 1. The van der Waals surface area contributed by atoms with E-state index in [1.54, 1.807) is 29.2 Å². The first-order valence-corrected chi connectivity index (χ1v) is 10.4. The van der Waals surface area contributed by atoms with Gasteiger partial charge in [0.1, 0.15) is 11.0 Å². The lowest BCUT2D eigenvalue weighted by atomic mass is 10.1. The smallest absolute Gasteiger partial charge is 0.249 e. The molecule has 146 valence electrons. The van der Waals surface area contributed by atoms with Gasteiger partial charge in [0, 0.05) is 11.6 Å². The summed E-state index contributed by atoms with van der Waals surface area (Å²) in [6.45, 7) is 6.49. The SMILES string of the molecule is Cc1ccc(CCN(C(=O)[C@H](N)c2ccc(Cl)cc2)c2sc(C)nc2C)cc1. The number of carbonyl (C=O) groups excluding carboxylic acids is 1. The number of aryl methyl sites for hydroxylation is 3. The second-order valence-electron chi connectivity index (χ2n) is 6.88. The lowest BCUT2D eigenvalue weighted by molar-refractivity contribution is -0.119. The molecule has 1 atom stereocenters. The molecular formula is C22H24ClN3OS. The van der Waals surface area contributed by atoms with E-state index in [-0.39, 0.29) is 5.91 Å². The summed E-state index contributed by atoms with van der Waals surface area (Å²) in [6, 6.07) is 14.7. The topological polar surface area (TPSA) is 59.2 Å². The zero-order valence-electron chi connectivity index (χ0n) is 16.3.